The summed E-state index contributed by atoms with van der Waals surface area (Å²) in [5, 5.41) is 44.4. The van der Waals surface area contributed by atoms with Crippen molar-refractivity contribution in [1.29, 1.82) is 0 Å². The molecule has 11 nitrogen and oxygen atoms in total. The highest BCUT2D eigenvalue weighted by Crippen LogP contribution is 2.39. The minimum absolute atomic E-state index is 0.0292. The van der Waals surface area contributed by atoms with E-state index in [0.717, 1.165) is 0 Å². The SMILES string of the molecule is O=[N+]([O-])C1=C[C-]([N+](=O)[O-])C(Oc2ccccc2)C([N+](=O)[O-])=C1c1ccc(O)cc1. The Kier molecular flexibility index (Phi) is 5.13. The Balaban J connectivity index is 2.26. The normalized spacial score (nSPS) is 16.2. The lowest BCUT2D eigenvalue weighted by atomic mass is 9.89. The van der Waals surface area contributed by atoms with E-state index in [1.54, 1.807) is 18.2 Å². The van der Waals surface area contributed by atoms with Gasteiger partial charge in [-0.15, -0.1) is 0 Å². The molecule has 3 rings (SSSR count). The van der Waals surface area contributed by atoms with Crippen LogP contribution in [0.25, 0.3) is 5.57 Å². The minimum Gasteiger partial charge on any atom is -0.508 e. The van der Waals surface area contributed by atoms with Gasteiger partial charge < -0.3 is 9.84 Å². The molecular weight excluding hydrogens is 386 g/mol. The van der Waals surface area contributed by atoms with E-state index in [9.17, 15) is 35.4 Å². The summed E-state index contributed by atoms with van der Waals surface area (Å²) in [5.41, 5.74) is -2.07. The molecule has 0 aromatic heterocycles. The molecular formula is C18H12N3O8-. The van der Waals surface area contributed by atoms with E-state index < -0.39 is 43.9 Å². The third-order valence-corrected chi connectivity index (χ3v) is 4.07. The lowest BCUT2D eigenvalue weighted by Gasteiger charge is -2.29. The van der Waals surface area contributed by atoms with Crippen molar-refractivity contribution in [3.63, 3.8) is 0 Å². The van der Waals surface area contributed by atoms with Crippen LogP contribution in [-0.4, -0.2) is 26.0 Å². The number of benzene rings is 2. The molecule has 0 saturated heterocycles. The monoisotopic (exact) mass is 398 g/mol. The molecule has 0 radical (unpaired) electrons. The molecule has 0 fully saturated rings. The highest BCUT2D eigenvalue weighted by Gasteiger charge is 2.44. The number of nitro groups is 3. The van der Waals surface area contributed by atoms with E-state index in [1.807, 2.05) is 0 Å². The number of rotatable bonds is 6. The van der Waals surface area contributed by atoms with Crippen LogP contribution in [0, 0.1) is 36.4 Å². The fourth-order valence-electron chi connectivity index (χ4n) is 2.84. The summed E-state index contributed by atoms with van der Waals surface area (Å²) in [6.07, 6.45) is -1.14. The number of hydrogen-bond donors (Lipinski definition) is 1. The summed E-state index contributed by atoms with van der Waals surface area (Å²) in [7, 11) is 0. The highest BCUT2D eigenvalue weighted by atomic mass is 16.6. The first kappa shape index (κ1) is 19.4. The molecule has 0 saturated carbocycles. The molecule has 1 N–H and O–H groups in total. The maximum absolute atomic E-state index is 11.9. The molecule has 2 aromatic carbocycles. The number of hydrogen-bond acceptors (Lipinski definition) is 8. The van der Waals surface area contributed by atoms with Crippen molar-refractivity contribution >= 4 is 5.57 Å². The third-order valence-electron chi connectivity index (χ3n) is 4.07. The number of phenols is 1. The van der Waals surface area contributed by atoms with E-state index in [1.165, 1.54) is 36.4 Å². The van der Waals surface area contributed by atoms with Crippen molar-refractivity contribution in [2.45, 2.75) is 6.10 Å². The Hall–Kier alpha value is -4.41. The van der Waals surface area contributed by atoms with Crippen molar-refractivity contribution < 1.29 is 24.6 Å². The molecule has 0 amide bonds. The van der Waals surface area contributed by atoms with Crippen LogP contribution in [0.4, 0.5) is 0 Å². The molecule has 0 spiro atoms. The molecule has 1 atom stereocenters. The van der Waals surface area contributed by atoms with Crippen molar-refractivity contribution in [3.8, 4) is 11.5 Å². The first-order valence-corrected chi connectivity index (χ1v) is 8.07. The molecule has 1 aliphatic rings. The van der Waals surface area contributed by atoms with Gasteiger partial charge in [0.15, 0.2) is 6.04 Å². The zero-order chi connectivity index (χ0) is 21.1. The Labute approximate surface area is 162 Å². The quantitative estimate of drug-likeness (QED) is 0.442. The van der Waals surface area contributed by atoms with Crippen molar-refractivity contribution in [2.75, 3.05) is 0 Å². The van der Waals surface area contributed by atoms with Crippen LogP contribution < -0.4 is 4.74 Å². The number of para-hydroxylation sites is 1. The lowest BCUT2D eigenvalue weighted by Crippen LogP contribution is -2.38. The van der Waals surface area contributed by atoms with Crippen LogP contribution in [0.1, 0.15) is 5.56 Å². The number of phenolic OH excluding ortho intramolecular Hbond substituents is 1. The standard InChI is InChI=1S/C18H12N3O8/c22-12-8-6-11(7-9-12)16-14(19(23)24)10-15(20(25)26)18(17(16)21(27)28)29-13-4-2-1-3-5-13/h1-10,18,22H/q-1. The zero-order valence-electron chi connectivity index (χ0n) is 14.5. The molecule has 148 valence electrons. The predicted molar refractivity (Wildman–Crippen MR) is 98.2 cm³/mol. The second kappa shape index (κ2) is 7.68. The van der Waals surface area contributed by atoms with Gasteiger partial charge >= 0.3 is 0 Å². The second-order valence-corrected chi connectivity index (χ2v) is 5.84. The zero-order valence-corrected chi connectivity index (χ0v) is 14.5. The van der Waals surface area contributed by atoms with Crippen LogP contribution in [0.15, 0.2) is 72.1 Å². The molecule has 2 aromatic rings. The Morgan fingerprint density at radius 1 is 0.897 bits per heavy atom. The number of allylic oxidation sites excluding steroid dienone is 1. The molecule has 0 bridgehead atoms. The predicted octanol–water partition coefficient (Wildman–Crippen LogP) is 2.81. The van der Waals surface area contributed by atoms with E-state index >= 15 is 0 Å². The van der Waals surface area contributed by atoms with Gasteiger partial charge in [-0.1, -0.05) is 36.4 Å². The molecule has 1 aliphatic carbocycles. The van der Waals surface area contributed by atoms with Crippen LogP contribution >= 0.6 is 0 Å². The van der Waals surface area contributed by atoms with Crippen molar-refractivity contribution in [3.05, 3.63) is 114 Å². The summed E-state index contributed by atoms with van der Waals surface area (Å²) in [6.45, 7) is 0. The average Bonchev–Trinajstić information content (AvgIpc) is 2.68. The van der Waals surface area contributed by atoms with Gasteiger partial charge in [-0.25, -0.2) is 0 Å². The van der Waals surface area contributed by atoms with Gasteiger partial charge in [0.2, 0.25) is 6.10 Å². The lowest BCUT2D eigenvalue weighted by molar-refractivity contribution is -0.488. The van der Waals surface area contributed by atoms with Gasteiger partial charge in [0.1, 0.15) is 17.2 Å². The Morgan fingerprint density at radius 3 is 2.03 bits per heavy atom. The molecule has 11 heteroatoms. The first-order valence-electron chi connectivity index (χ1n) is 8.07. The number of ether oxygens (including phenoxy) is 1. The van der Waals surface area contributed by atoms with Gasteiger partial charge in [0.25, 0.3) is 5.70 Å². The maximum Gasteiger partial charge on any atom is 0.276 e. The average molecular weight is 398 g/mol. The van der Waals surface area contributed by atoms with Crippen LogP contribution in [0.3, 0.4) is 0 Å². The van der Waals surface area contributed by atoms with Crippen molar-refractivity contribution in [2.24, 2.45) is 0 Å². The fourth-order valence-corrected chi connectivity index (χ4v) is 2.84. The van der Waals surface area contributed by atoms with Crippen LogP contribution in [0.2, 0.25) is 0 Å². The molecule has 1 unspecified atom stereocenters. The first-order chi connectivity index (χ1) is 13.8. The minimum atomic E-state index is -1.80. The smallest absolute Gasteiger partial charge is 0.276 e. The summed E-state index contributed by atoms with van der Waals surface area (Å²) < 4.78 is 5.51. The van der Waals surface area contributed by atoms with Gasteiger partial charge in [0.05, 0.1) is 10.5 Å². The summed E-state index contributed by atoms with van der Waals surface area (Å²) in [4.78, 5) is 32.1. The summed E-state index contributed by atoms with van der Waals surface area (Å²) in [6, 6.07) is 11.7. The second-order valence-electron chi connectivity index (χ2n) is 5.84. The number of nitrogens with zero attached hydrogens (tertiary/aromatic N) is 3. The summed E-state index contributed by atoms with van der Waals surface area (Å²) in [5.74, 6) is -0.0479. The van der Waals surface area contributed by atoms with Gasteiger partial charge in [-0.05, 0) is 39.7 Å². The van der Waals surface area contributed by atoms with E-state index in [2.05, 4.69) is 0 Å². The Bertz CT molecular complexity index is 1030. The van der Waals surface area contributed by atoms with Crippen LogP contribution in [0.5, 0.6) is 11.5 Å². The molecule has 0 heterocycles. The van der Waals surface area contributed by atoms with Gasteiger partial charge in [-0.2, -0.15) is 0 Å². The van der Waals surface area contributed by atoms with Gasteiger partial charge in [0, 0.05) is 0 Å². The molecule has 29 heavy (non-hydrogen) atoms. The summed E-state index contributed by atoms with van der Waals surface area (Å²) >= 11 is 0. The van der Waals surface area contributed by atoms with Crippen molar-refractivity contribution in [1.82, 2.24) is 0 Å². The van der Waals surface area contributed by atoms with E-state index in [-0.39, 0.29) is 17.1 Å². The highest BCUT2D eigenvalue weighted by molar-refractivity contribution is 5.81. The maximum atomic E-state index is 11.9. The van der Waals surface area contributed by atoms with Gasteiger partial charge in [-0.3, -0.25) is 30.3 Å². The largest absolute Gasteiger partial charge is 0.508 e. The van der Waals surface area contributed by atoms with Crippen LogP contribution in [-0.2, 0) is 0 Å². The number of aromatic hydroxyl groups is 1. The third kappa shape index (κ3) is 3.83. The fraction of sp³-hybridized carbons (Fsp3) is 0.0556. The van der Waals surface area contributed by atoms with E-state index in [0.29, 0.717) is 6.08 Å². The molecule has 0 aliphatic heterocycles. The topological polar surface area (TPSA) is 159 Å². The Morgan fingerprint density at radius 2 is 1.52 bits per heavy atom. The van der Waals surface area contributed by atoms with E-state index in [4.69, 9.17) is 4.74 Å².